The van der Waals surface area contributed by atoms with Crippen LogP contribution in [0.3, 0.4) is 0 Å². The van der Waals surface area contributed by atoms with Gasteiger partial charge in [-0.1, -0.05) is 29.3 Å². The minimum atomic E-state index is -1.04. The predicted molar refractivity (Wildman–Crippen MR) is 63.4 cm³/mol. The third-order valence-electron chi connectivity index (χ3n) is 1.85. The van der Waals surface area contributed by atoms with Crippen molar-refractivity contribution >= 4 is 29.2 Å². The number of aromatic carboxylic acids is 1. The van der Waals surface area contributed by atoms with E-state index in [2.05, 4.69) is 0 Å². The molecule has 0 radical (unpaired) electrons. The van der Waals surface area contributed by atoms with Gasteiger partial charge < -0.3 is 9.84 Å². The van der Waals surface area contributed by atoms with Crippen molar-refractivity contribution in [3.8, 4) is 5.75 Å². The first-order valence-electron chi connectivity index (χ1n) is 4.46. The van der Waals surface area contributed by atoms with Gasteiger partial charge in [0.1, 0.15) is 17.9 Å². The van der Waals surface area contributed by atoms with Crippen molar-refractivity contribution in [2.45, 2.75) is 6.92 Å². The first-order chi connectivity index (χ1) is 7.54. The van der Waals surface area contributed by atoms with E-state index in [-0.39, 0.29) is 17.9 Å². The third-order valence-corrected chi connectivity index (χ3v) is 2.44. The molecule has 0 aromatic heterocycles. The Kier molecular flexibility index (Phi) is 4.65. The Bertz CT molecular complexity index is 427. The van der Waals surface area contributed by atoms with Crippen LogP contribution in [0.2, 0.25) is 0 Å². The van der Waals surface area contributed by atoms with Crippen LogP contribution in [0.4, 0.5) is 0 Å². The van der Waals surface area contributed by atoms with Gasteiger partial charge in [-0.15, -0.1) is 0 Å². The van der Waals surface area contributed by atoms with Crippen LogP contribution >= 0.6 is 23.2 Å². The van der Waals surface area contributed by atoms with E-state index in [0.29, 0.717) is 5.03 Å². The summed E-state index contributed by atoms with van der Waals surface area (Å²) in [5, 5.41) is 9.23. The van der Waals surface area contributed by atoms with E-state index in [4.69, 9.17) is 33.0 Å². The molecule has 0 aliphatic heterocycles. The minimum absolute atomic E-state index is 0.0504. The molecule has 5 heteroatoms. The van der Waals surface area contributed by atoms with Crippen molar-refractivity contribution in [3.05, 3.63) is 39.9 Å². The molecule has 0 heterocycles. The van der Waals surface area contributed by atoms with Gasteiger partial charge in [-0.2, -0.15) is 0 Å². The highest BCUT2D eigenvalue weighted by Crippen LogP contribution is 2.21. The zero-order valence-corrected chi connectivity index (χ0v) is 10.0. The summed E-state index contributed by atoms with van der Waals surface area (Å²) in [5.74, 6) is -0.759. The molecule has 0 fully saturated rings. The Morgan fingerprint density at radius 3 is 2.81 bits per heavy atom. The fraction of sp³-hybridized carbons (Fsp3) is 0.182. The molecule has 1 aromatic rings. The number of aryl methyl sites for hydroxylation is 1. The Labute approximate surface area is 103 Å². The summed E-state index contributed by atoms with van der Waals surface area (Å²) in [4.78, 5) is 10.9. The van der Waals surface area contributed by atoms with E-state index in [0.717, 1.165) is 5.56 Å². The molecule has 0 atom stereocenters. The van der Waals surface area contributed by atoms with Crippen molar-refractivity contribution in [3.63, 3.8) is 0 Å². The topological polar surface area (TPSA) is 46.5 Å². The standard InChI is InChI=1S/C11H10Cl2O3/c1-7-2-3-9(11(14)15)10(4-7)16-6-8(13)5-12/h2-5H,6H2,1H3,(H,14,15). The summed E-state index contributed by atoms with van der Waals surface area (Å²) >= 11 is 11.0. The molecule has 3 nitrogen and oxygen atoms in total. The molecule has 0 saturated carbocycles. The van der Waals surface area contributed by atoms with Crippen molar-refractivity contribution in [2.75, 3.05) is 6.61 Å². The summed E-state index contributed by atoms with van der Waals surface area (Å²) < 4.78 is 5.27. The molecule has 0 spiro atoms. The minimum Gasteiger partial charge on any atom is -0.487 e. The van der Waals surface area contributed by atoms with E-state index < -0.39 is 5.97 Å². The highest BCUT2D eigenvalue weighted by Gasteiger charge is 2.11. The lowest BCUT2D eigenvalue weighted by atomic mass is 10.1. The van der Waals surface area contributed by atoms with Gasteiger partial charge in [-0.25, -0.2) is 4.79 Å². The van der Waals surface area contributed by atoms with Crippen LogP contribution in [0.25, 0.3) is 0 Å². The van der Waals surface area contributed by atoms with Crippen LogP contribution in [0.5, 0.6) is 5.75 Å². The second kappa shape index (κ2) is 5.77. The number of carboxylic acids is 1. The van der Waals surface area contributed by atoms with Gasteiger partial charge in [-0.3, -0.25) is 0 Å². The van der Waals surface area contributed by atoms with E-state index in [1.54, 1.807) is 12.1 Å². The maximum atomic E-state index is 10.9. The lowest BCUT2D eigenvalue weighted by Crippen LogP contribution is -2.04. The van der Waals surface area contributed by atoms with Gasteiger partial charge in [0, 0.05) is 5.54 Å². The van der Waals surface area contributed by atoms with E-state index in [1.165, 1.54) is 11.6 Å². The maximum Gasteiger partial charge on any atom is 0.339 e. The zero-order valence-electron chi connectivity index (χ0n) is 8.54. The predicted octanol–water partition coefficient (Wildman–Crippen LogP) is 3.39. The number of benzene rings is 1. The van der Waals surface area contributed by atoms with E-state index in [9.17, 15) is 4.79 Å². The van der Waals surface area contributed by atoms with Gasteiger partial charge >= 0.3 is 5.97 Å². The van der Waals surface area contributed by atoms with Gasteiger partial charge in [-0.05, 0) is 24.6 Å². The quantitative estimate of drug-likeness (QED) is 0.903. The zero-order chi connectivity index (χ0) is 12.1. The number of carboxylic acid groups (broad SMARTS) is 1. The van der Waals surface area contributed by atoms with Gasteiger partial charge in [0.05, 0.1) is 5.03 Å². The molecular weight excluding hydrogens is 251 g/mol. The number of hydrogen-bond acceptors (Lipinski definition) is 2. The normalized spacial score (nSPS) is 11.3. The van der Waals surface area contributed by atoms with Crippen molar-refractivity contribution in [1.29, 1.82) is 0 Å². The summed E-state index contributed by atoms with van der Waals surface area (Å²) in [6.45, 7) is 1.90. The Morgan fingerprint density at radius 2 is 2.25 bits per heavy atom. The van der Waals surface area contributed by atoms with Gasteiger partial charge in [0.2, 0.25) is 0 Å². The Hall–Kier alpha value is -1.19. The van der Waals surface area contributed by atoms with E-state index >= 15 is 0 Å². The maximum absolute atomic E-state index is 10.9. The number of ether oxygens (including phenoxy) is 1. The van der Waals surface area contributed by atoms with Crippen LogP contribution in [-0.2, 0) is 0 Å². The second-order valence-corrected chi connectivity index (χ2v) is 3.85. The van der Waals surface area contributed by atoms with E-state index in [1.807, 2.05) is 6.92 Å². The second-order valence-electron chi connectivity index (χ2n) is 3.15. The van der Waals surface area contributed by atoms with Crippen LogP contribution < -0.4 is 4.74 Å². The van der Waals surface area contributed by atoms with Gasteiger partial charge in [0.25, 0.3) is 0 Å². The molecule has 1 rings (SSSR count). The molecular formula is C11H10Cl2O3. The lowest BCUT2D eigenvalue weighted by molar-refractivity contribution is 0.0692. The molecule has 1 N–H and O–H groups in total. The molecule has 16 heavy (non-hydrogen) atoms. The van der Waals surface area contributed by atoms with Crippen LogP contribution in [0.1, 0.15) is 15.9 Å². The first-order valence-corrected chi connectivity index (χ1v) is 5.27. The van der Waals surface area contributed by atoms with Crippen LogP contribution in [0, 0.1) is 6.92 Å². The molecule has 0 bridgehead atoms. The highest BCUT2D eigenvalue weighted by atomic mass is 35.5. The van der Waals surface area contributed by atoms with Crippen molar-refractivity contribution < 1.29 is 14.6 Å². The lowest BCUT2D eigenvalue weighted by Gasteiger charge is -2.09. The Morgan fingerprint density at radius 1 is 1.56 bits per heavy atom. The van der Waals surface area contributed by atoms with Crippen molar-refractivity contribution in [1.82, 2.24) is 0 Å². The fourth-order valence-corrected chi connectivity index (χ4v) is 1.22. The summed E-state index contributed by atoms with van der Waals surface area (Å²) in [6, 6.07) is 4.84. The average molecular weight is 261 g/mol. The van der Waals surface area contributed by atoms with Crippen molar-refractivity contribution in [2.24, 2.45) is 0 Å². The summed E-state index contributed by atoms with van der Waals surface area (Å²) in [6.07, 6.45) is 0. The molecule has 86 valence electrons. The first kappa shape index (κ1) is 12.9. The molecule has 0 aliphatic rings. The van der Waals surface area contributed by atoms with Crippen LogP contribution in [-0.4, -0.2) is 17.7 Å². The summed E-state index contributed by atoms with van der Waals surface area (Å²) in [5.41, 5.74) is 2.19. The monoisotopic (exact) mass is 260 g/mol. The molecule has 0 aliphatic carbocycles. The summed E-state index contributed by atoms with van der Waals surface area (Å²) in [7, 11) is 0. The SMILES string of the molecule is Cc1ccc(C(=O)O)c(OCC(Cl)=CCl)c1. The molecule has 0 amide bonds. The molecule has 0 saturated heterocycles. The largest absolute Gasteiger partial charge is 0.487 e. The third kappa shape index (κ3) is 3.43. The van der Waals surface area contributed by atoms with Crippen LogP contribution in [0.15, 0.2) is 28.8 Å². The number of carbonyl (C=O) groups is 1. The fourth-order valence-electron chi connectivity index (χ4n) is 1.10. The Balaban J connectivity index is 2.92. The number of halogens is 2. The smallest absolute Gasteiger partial charge is 0.339 e. The number of hydrogen-bond donors (Lipinski definition) is 1. The average Bonchev–Trinajstić information content (AvgIpc) is 2.25. The highest BCUT2D eigenvalue weighted by molar-refractivity contribution is 6.36. The van der Waals surface area contributed by atoms with Gasteiger partial charge in [0.15, 0.2) is 0 Å². The molecule has 1 aromatic carbocycles. The molecule has 0 unspecified atom stereocenters. The number of rotatable bonds is 4.